The van der Waals surface area contributed by atoms with Crippen LogP contribution in [0.5, 0.6) is 5.75 Å². The van der Waals surface area contributed by atoms with Crippen LogP contribution in [0.15, 0.2) is 47.3 Å². The van der Waals surface area contributed by atoms with Crippen molar-refractivity contribution in [1.82, 2.24) is 30.1 Å². The van der Waals surface area contributed by atoms with E-state index in [1.54, 1.807) is 7.11 Å². The minimum Gasteiger partial charge on any atom is -0.497 e. The lowest BCUT2D eigenvalue weighted by Crippen LogP contribution is -2.41. The van der Waals surface area contributed by atoms with E-state index in [4.69, 9.17) is 4.74 Å². The Hall–Kier alpha value is -3.52. The number of rotatable bonds is 6. The van der Waals surface area contributed by atoms with Gasteiger partial charge in [-0.05, 0) is 102 Å². The quantitative estimate of drug-likeness (QED) is 0.456. The number of tetrazole rings is 1. The standard InChI is InChI=1S/C27H32N6O2/c1-17-6-5-11-32(15-17)25(23-14-21-12-18(2)19(3)13-24(21)28-27(23)34)26-29-30-31-33(26)16-20-7-9-22(35-4)10-8-20/h7-10,12-14,17,25H,5-6,11,15-16H2,1-4H3,(H,28,34). The lowest BCUT2D eigenvalue weighted by molar-refractivity contribution is 0.141. The first-order valence-corrected chi connectivity index (χ1v) is 12.2. The molecule has 0 saturated carbocycles. The zero-order valence-corrected chi connectivity index (χ0v) is 20.8. The molecule has 2 aromatic heterocycles. The summed E-state index contributed by atoms with van der Waals surface area (Å²) in [6.07, 6.45) is 2.27. The predicted octanol–water partition coefficient (Wildman–Crippen LogP) is 4.01. The third kappa shape index (κ3) is 4.71. The summed E-state index contributed by atoms with van der Waals surface area (Å²) in [6, 6.07) is 13.8. The van der Waals surface area contributed by atoms with Gasteiger partial charge < -0.3 is 9.72 Å². The van der Waals surface area contributed by atoms with E-state index in [9.17, 15) is 4.79 Å². The maximum atomic E-state index is 13.5. The van der Waals surface area contributed by atoms with Gasteiger partial charge in [0.2, 0.25) is 0 Å². The number of nitrogens with zero attached hydrogens (tertiary/aromatic N) is 5. The number of aromatic amines is 1. The molecule has 0 bridgehead atoms. The molecular weight excluding hydrogens is 440 g/mol. The lowest BCUT2D eigenvalue weighted by Gasteiger charge is -2.36. The summed E-state index contributed by atoms with van der Waals surface area (Å²) in [4.78, 5) is 18.9. The van der Waals surface area contributed by atoms with Crippen molar-refractivity contribution in [2.24, 2.45) is 5.92 Å². The molecular formula is C27H32N6O2. The Morgan fingerprint density at radius 2 is 1.91 bits per heavy atom. The number of methoxy groups -OCH3 is 1. The van der Waals surface area contributed by atoms with Gasteiger partial charge in [0.1, 0.15) is 11.8 Å². The van der Waals surface area contributed by atoms with Gasteiger partial charge in [-0.15, -0.1) is 5.10 Å². The molecule has 2 aromatic carbocycles. The highest BCUT2D eigenvalue weighted by molar-refractivity contribution is 5.81. The smallest absolute Gasteiger partial charge is 0.253 e. The normalized spacial score (nSPS) is 17.5. The lowest BCUT2D eigenvalue weighted by atomic mass is 9.95. The van der Waals surface area contributed by atoms with Gasteiger partial charge in [-0.3, -0.25) is 9.69 Å². The molecule has 2 atom stereocenters. The summed E-state index contributed by atoms with van der Waals surface area (Å²) < 4.78 is 7.10. The van der Waals surface area contributed by atoms with E-state index in [1.807, 2.05) is 41.1 Å². The van der Waals surface area contributed by atoms with Crippen LogP contribution in [0.3, 0.4) is 0 Å². The Morgan fingerprint density at radius 3 is 2.66 bits per heavy atom. The zero-order chi connectivity index (χ0) is 24.5. The molecule has 5 rings (SSSR count). The van der Waals surface area contributed by atoms with Gasteiger partial charge in [0, 0.05) is 17.6 Å². The Morgan fingerprint density at radius 1 is 1.14 bits per heavy atom. The second-order valence-corrected chi connectivity index (χ2v) is 9.77. The van der Waals surface area contributed by atoms with Crippen LogP contribution in [0.2, 0.25) is 0 Å². The number of ether oxygens (including phenoxy) is 1. The van der Waals surface area contributed by atoms with Crippen LogP contribution in [0, 0.1) is 19.8 Å². The summed E-state index contributed by atoms with van der Waals surface area (Å²) in [7, 11) is 1.66. The van der Waals surface area contributed by atoms with E-state index >= 15 is 0 Å². The molecule has 8 heteroatoms. The number of aromatic nitrogens is 5. The first-order valence-electron chi connectivity index (χ1n) is 12.2. The molecule has 0 aliphatic carbocycles. The maximum Gasteiger partial charge on any atom is 0.253 e. The summed E-state index contributed by atoms with van der Waals surface area (Å²) in [5.41, 5.74) is 4.85. The number of fused-ring (bicyclic) bond motifs is 1. The second-order valence-electron chi connectivity index (χ2n) is 9.77. The molecule has 182 valence electrons. The molecule has 8 nitrogen and oxygen atoms in total. The van der Waals surface area contributed by atoms with Crippen LogP contribution in [-0.4, -0.2) is 50.3 Å². The molecule has 35 heavy (non-hydrogen) atoms. The Balaban J connectivity index is 1.60. The minimum atomic E-state index is -0.333. The zero-order valence-electron chi connectivity index (χ0n) is 20.8. The molecule has 0 radical (unpaired) electrons. The SMILES string of the molecule is COc1ccc(Cn2nnnc2C(c2cc3cc(C)c(C)cc3[nH]c2=O)N2CCCC(C)C2)cc1. The number of hydrogen-bond acceptors (Lipinski definition) is 6. The molecule has 1 aliphatic heterocycles. The Labute approximate surface area is 204 Å². The van der Waals surface area contributed by atoms with E-state index in [-0.39, 0.29) is 11.6 Å². The number of piperidine rings is 1. The highest BCUT2D eigenvalue weighted by Gasteiger charge is 2.32. The largest absolute Gasteiger partial charge is 0.497 e. The molecule has 0 amide bonds. The first kappa shape index (κ1) is 23.2. The predicted molar refractivity (Wildman–Crippen MR) is 136 cm³/mol. The average molecular weight is 473 g/mol. The third-order valence-electron chi connectivity index (χ3n) is 7.13. The van der Waals surface area contributed by atoms with E-state index < -0.39 is 0 Å². The summed E-state index contributed by atoms with van der Waals surface area (Å²) in [5.74, 6) is 2.03. The van der Waals surface area contributed by atoms with Gasteiger partial charge in [-0.2, -0.15) is 0 Å². The number of benzene rings is 2. The van der Waals surface area contributed by atoms with Crippen molar-refractivity contribution in [3.8, 4) is 5.75 Å². The van der Waals surface area contributed by atoms with Gasteiger partial charge in [-0.25, -0.2) is 4.68 Å². The summed E-state index contributed by atoms with van der Waals surface area (Å²) in [6.45, 7) is 8.72. The number of hydrogen-bond donors (Lipinski definition) is 1. The molecule has 3 heterocycles. The monoisotopic (exact) mass is 472 g/mol. The number of H-pyrrole nitrogens is 1. The van der Waals surface area contributed by atoms with Crippen molar-refractivity contribution in [1.29, 1.82) is 0 Å². The summed E-state index contributed by atoms with van der Waals surface area (Å²) >= 11 is 0. The molecule has 0 spiro atoms. The van der Waals surface area contributed by atoms with Crippen LogP contribution in [0.25, 0.3) is 10.9 Å². The molecule has 1 N–H and O–H groups in total. The van der Waals surface area contributed by atoms with Crippen molar-refractivity contribution in [2.75, 3.05) is 20.2 Å². The molecule has 1 fully saturated rings. The van der Waals surface area contributed by atoms with Crippen LogP contribution in [-0.2, 0) is 6.54 Å². The van der Waals surface area contributed by atoms with E-state index in [2.05, 4.69) is 52.2 Å². The average Bonchev–Trinajstić information content (AvgIpc) is 3.29. The fourth-order valence-electron chi connectivity index (χ4n) is 5.08. The van der Waals surface area contributed by atoms with Crippen molar-refractivity contribution in [2.45, 2.75) is 46.2 Å². The van der Waals surface area contributed by atoms with Gasteiger partial charge in [0.25, 0.3) is 5.56 Å². The highest BCUT2D eigenvalue weighted by atomic mass is 16.5. The van der Waals surface area contributed by atoms with Crippen LogP contribution in [0.4, 0.5) is 0 Å². The Bertz CT molecular complexity index is 1390. The second kappa shape index (κ2) is 9.62. The maximum absolute atomic E-state index is 13.5. The fourth-order valence-corrected chi connectivity index (χ4v) is 5.08. The third-order valence-corrected chi connectivity index (χ3v) is 7.13. The molecule has 1 aliphatic rings. The summed E-state index contributed by atoms with van der Waals surface area (Å²) in [5, 5.41) is 13.8. The van der Waals surface area contributed by atoms with Crippen molar-refractivity contribution in [3.63, 3.8) is 0 Å². The first-order chi connectivity index (χ1) is 16.9. The topological polar surface area (TPSA) is 88.9 Å². The van der Waals surface area contributed by atoms with E-state index in [0.717, 1.165) is 47.3 Å². The van der Waals surface area contributed by atoms with Crippen molar-refractivity contribution >= 4 is 10.9 Å². The molecule has 4 aromatic rings. The highest BCUT2D eigenvalue weighted by Crippen LogP contribution is 2.31. The Kier molecular flexibility index (Phi) is 6.38. The van der Waals surface area contributed by atoms with E-state index in [0.29, 0.717) is 23.9 Å². The van der Waals surface area contributed by atoms with Gasteiger partial charge in [0.05, 0.1) is 13.7 Å². The fraction of sp³-hybridized carbons (Fsp3) is 0.407. The molecule has 2 unspecified atom stereocenters. The van der Waals surface area contributed by atoms with Crippen LogP contribution in [0.1, 0.15) is 53.9 Å². The minimum absolute atomic E-state index is 0.0945. The van der Waals surface area contributed by atoms with Crippen molar-refractivity contribution < 1.29 is 4.74 Å². The van der Waals surface area contributed by atoms with Crippen LogP contribution < -0.4 is 10.3 Å². The van der Waals surface area contributed by atoms with E-state index in [1.165, 1.54) is 12.0 Å². The van der Waals surface area contributed by atoms with Gasteiger partial charge in [-0.1, -0.05) is 19.1 Å². The number of pyridine rings is 1. The van der Waals surface area contributed by atoms with Crippen LogP contribution >= 0.6 is 0 Å². The van der Waals surface area contributed by atoms with Gasteiger partial charge in [0.15, 0.2) is 5.82 Å². The van der Waals surface area contributed by atoms with Crippen molar-refractivity contribution in [3.05, 3.63) is 80.9 Å². The number of nitrogens with one attached hydrogen (secondary N) is 1. The number of likely N-dealkylation sites (tertiary alicyclic amines) is 1. The molecule has 1 saturated heterocycles. The van der Waals surface area contributed by atoms with Gasteiger partial charge >= 0.3 is 0 Å². The number of aryl methyl sites for hydroxylation is 2.